The molecule has 0 radical (unpaired) electrons. The molecule has 2 heterocycles. The Balaban J connectivity index is 2.06. The summed E-state index contributed by atoms with van der Waals surface area (Å²) >= 11 is 0. The Morgan fingerprint density at radius 1 is 1.26 bits per heavy atom. The summed E-state index contributed by atoms with van der Waals surface area (Å²) in [5, 5.41) is 12.3. The SMILES string of the molecule is CC(O)CCNc1nc(NN)nc(N2CCCC2)n1. The molecule has 5 N–H and O–H groups in total. The zero-order valence-electron chi connectivity index (χ0n) is 11.1. The van der Waals surface area contributed by atoms with Crippen LogP contribution in [0.15, 0.2) is 0 Å². The highest BCUT2D eigenvalue weighted by atomic mass is 16.3. The molecule has 1 aromatic rings. The third-order valence-electron chi connectivity index (χ3n) is 2.99. The first-order valence-electron chi connectivity index (χ1n) is 6.58. The molecular weight excluding hydrogens is 246 g/mol. The third kappa shape index (κ3) is 3.90. The van der Waals surface area contributed by atoms with Crippen molar-refractivity contribution in [3.8, 4) is 0 Å². The number of nitrogen functional groups attached to an aromatic ring is 1. The van der Waals surface area contributed by atoms with Gasteiger partial charge in [-0.3, -0.25) is 5.43 Å². The predicted molar refractivity (Wildman–Crippen MR) is 73.9 cm³/mol. The molecule has 1 aromatic heterocycles. The molecule has 0 aromatic carbocycles. The van der Waals surface area contributed by atoms with E-state index < -0.39 is 0 Å². The standard InChI is InChI=1S/C11H21N7O/c1-8(19)4-5-13-9-14-10(17-12)16-11(15-9)18-6-2-3-7-18/h8,19H,2-7,12H2,1H3,(H2,13,14,15,16,17). The number of rotatable bonds is 6. The molecular formula is C11H21N7O. The lowest BCUT2D eigenvalue weighted by Crippen LogP contribution is -2.23. The maximum atomic E-state index is 9.22. The van der Waals surface area contributed by atoms with Crippen LogP contribution in [0.5, 0.6) is 0 Å². The van der Waals surface area contributed by atoms with E-state index in [9.17, 15) is 5.11 Å². The van der Waals surface area contributed by atoms with Crippen molar-refractivity contribution in [3.05, 3.63) is 0 Å². The van der Waals surface area contributed by atoms with Crippen LogP contribution in [0.1, 0.15) is 26.2 Å². The summed E-state index contributed by atoms with van der Waals surface area (Å²) in [6, 6.07) is 0. The number of aliphatic hydroxyl groups excluding tert-OH is 1. The fourth-order valence-corrected chi connectivity index (χ4v) is 1.96. The topological polar surface area (TPSA) is 112 Å². The number of hydrazine groups is 1. The van der Waals surface area contributed by atoms with Crippen LogP contribution in [0.25, 0.3) is 0 Å². The van der Waals surface area contributed by atoms with Gasteiger partial charge in [0.25, 0.3) is 0 Å². The minimum absolute atomic E-state index is 0.344. The van der Waals surface area contributed by atoms with Gasteiger partial charge in [-0.25, -0.2) is 5.84 Å². The van der Waals surface area contributed by atoms with Crippen molar-refractivity contribution in [2.45, 2.75) is 32.3 Å². The summed E-state index contributed by atoms with van der Waals surface area (Å²) in [7, 11) is 0. The van der Waals surface area contributed by atoms with Crippen LogP contribution >= 0.6 is 0 Å². The maximum Gasteiger partial charge on any atom is 0.243 e. The Kier molecular flexibility index (Phi) is 4.69. The Labute approximate surface area is 112 Å². The van der Waals surface area contributed by atoms with E-state index in [0.29, 0.717) is 30.8 Å². The van der Waals surface area contributed by atoms with Gasteiger partial charge >= 0.3 is 0 Å². The second-order valence-electron chi connectivity index (χ2n) is 4.69. The van der Waals surface area contributed by atoms with Crippen molar-refractivity contribution in [1.29, 1.82) is 0 Å². The molecule has 0 spiro atoms. The van der Waals surface area contributed by atoms with Gasteiger partial charge in [0, 0.05) is 19.6 Å². The molecule has 1 atom stereocenters. The second kappa shape index (κ2) is 6.48. The second-order valence-corrected chi connectivity index (χ2v) is 4.69. The van der Waals surface area contributed by atoms with E-state index >= 15 is 0 Å². The van der Waals surface area contributed by atoms with Gasteiger partial charge in [0.1, 0.15) is 0 Å². The van der Waals surface area contributed by atoms with Gasteiger partial charge in [-0.15, -0.1) is 0 Å². The molecule has 19 heavy (non-hydrogen) atoms. The molecule has 8 heteroatoms. The van der Waals surface area contributed by atoms with E-state index in [4.69, 9.17) is 5.84 Å². The molecule has 1 aliphatic rings. The van der Waals surface area contributed by atoms with E-state index in [1.165, 1.54) is 0 Å². The Morgan fingerprint density at radius 3 is 2.58 bits per heavy atom. The first kappa shape index (κ1) is 13.8. The smallest absolute Gasteiger partial charge is 0.243 e. The predicted octanol–water partition coefficient (Wildman–Crippen LogP) is -0.0598. The normalized spacial score (nSPS) is 16.5. The molecule has 1 unspecified atom stereocenters. The summed E-state index contributed by atoms with van der Waals surface area (Å²) in [6.07, 6.45) is 2.60. The van der Waals surface area contributed by atoms with E-state index in [0.717, 1.165) is 25.9 Å². The van der Waals surface area contributed by atoms with E-state index in [1.807, 2.05) is 0 Å². The summed E-state index contributed by atoms with van der Waals surface area (Å²) in [5.74, 6) is 6.83. The van der Waals surface area contributed by atoms with E-state index in [1.54, 1.807) is 6.92 Å². The minimum Gasteiger partial charge on any atom is -0.393 e. The van der Waals surface area contributed by atoms with Crippen LogP contribution in [-0.2, 0) is 0 Å². The molecule has 1 fully saturated rings. The third-order valence-corrected chi connectivity index (χ3v) is 2.99. The van der Waals surface area contributed by atoms with Gasteiger partial charge in [0.05, 0.1) is 6.10 Å². The highest BCUT2D eigenvalue weighted by Gasteiger charge is 2.17. The summed E-state index contributed by atoms with van der Waals surface area (Å²) in [5.41, 5.74) is 2.45. The number of hydrogen-bond donors (Lipinski definition) is 4. The zero-order chi connectivity index (χ0) is 13.7. The van der Waals surface area contributed by atoms with Gasteiger partial charge < -0.3 is 15.3 Å². The average Bonchev–Trinajstić information content (AvgIpc) is 2.92. The molecule has 0 amide bonds. The van der Waals surface area contributed by atoms with Gasteiger partial charge in [-0.2, -0.15) is 15.0 Å². The first-order valence-corrected chi connectivity index (χ1v) is 6.58. The number of nitrogens with one attached hydrogen (secondary N) is 2. The molecule has 0 aliphatic carbocycles. The Hall–Kier alpha value is -1.67. The van der Waals surface area contributed by atoms with Crippen molar-refractivity contribution >= 4 is 17.8 Å². The van der Waals surface area contributed by atoms with Crippen LogP contribution in [0.3, 0.4) is 0 Å². The minimum atomic E-state index is -0.348. The number of aliphatic hydroxyl groups is 1. The summed E-state index contributed by atoms with van der Waals surface area (Å²) in [4.78, 5) is 14.9. The van der Waals surface area contributed by atoms with Crippen molar-refractivity contribution in [1.82, 2.24) is 15.0 Å². The molecule has 1 aliphatic heterocycles. The highest BCUT2D eigenvalue weighted by molar-refractivity contribution is 5.43. The van der Waals surface area contributed by atoms with Crippen LogP contribution in [0, 0.1) is 0 Å². The zero-order valence-corrected chi connectivity index (χ0v) is 11.1. The van der Waals surface area contributed by atoms with Crippen molar-refractivity contribution in [3.63, 3.8) is 0 Å². The van der Waals surface area contributed by atoms with Crippen molar-refractivity contribution in [2.24, 2.45) is 5.84 Å². The molecule has 1 saturated heterocycles. The summed E-state index contributed by atoms with van der Waals surface area (Å²) in [6.45, 7) is 4.27. The lowest BCUT2D eigenvalue weighted by Gasteiger charge is -2.16. The largest absolute Gasteiger partial charge is 0.393 e. The molecule has 8 nitrogen and oxygen atoms in total. The van der Waals surface area contributed by atoms with Gasteiger partial charge in [0.15, 0.2) is 0 Å². The van der Waals surface area contributed by atoms with Crippen LogP contribution in [-0.4, -0.2) is 45.8 Å². The van der Waals surface area contributed by atoms with E-state index in [2.05, 4.69) is 30.6 Å². The molecule has 0 bridgehead atoms. The highest BCUT2D eigenvalue weighted by Crippen LogP contribution is 2.18. The van der Waals surface area contributed by atoms with Crippen molar-refractivity contribution in [2.75, 3.05) is 35.3 Å². The van der Waals surface area contributed by atoms with Crippen LogP contribution in [0.4, 0.5) is 17.8 Å². The fourth-order valence-electron chi connectivity index (χ4n) is 1.96. The maximum absolute atomic E-state index is 9.22. The van der Waals surface area contributed by atoms with Crippen LogP contribution < -0.4 is 21.5 Å². The van der Waals surface area contributed by atoms with Crippen LogP contribution in [0.2, 0.25) is 0 Å². The lowest BCUT2D eigenvalue weighted by molar-refractivity contribution is 0.188. The van der Waals surface area contributed by atoms with Gasteiger partial charge in [0.2, 0.25) is 17.8 Å². The quantitative estimate of drug-likeness (QED) is 0.419. The number of nitrogens with two attached hydrogens (primary N) is 1. The number of nitrogens with zero attached hydrogens (tertiary/aromatic N) is 4. The fraction of sp³-hybridized carbons (Fsp3) is 0.727. The Bertz CT molecular complexity index is 406. The molecule has 2 rings (SSSR count). The first-order chi connectivity index (χ1) is 9.19. The summed E-state index contributed by atoms with van der Waals surface area (Å²) < 4.78 is 0. The van der Waals surface area contributed by atoms with Crippen molar-refractivity contribution < 1.29 is 5.11 Å². The number of anilines is 3. The monoisotopic (exact) mass is 267 g/mol. The molecule has 106 valence electrons. The Morgan fingerprint density at radius 2 is 1.95 bits per heavy atom. The molecule has 0 saturated carbocycles. The van der Waals surface area contributed by atoms with E-state index in [-0.39, 0.29) is 6.10 Å². The number of aromatic nitrogens is 3. The van der Waals surface area contributed by atoms with Gasteiger partial charge in [-0.05, 0) is 26.2 Å². The van der Waals surface area contributed by atoms with Gasteiger partial charge in [-0.1, -0.05) is 0 Å². The lowest BCUT2D eigenvalue weighted by atomic mass is 10.3. The average molecular weight is 267 g/mol. The number of hydrogen-bond acceptors (Lipinski definition) is 8.